The minimum Gasteiger partial charge on any atom is -0.462 e. The predicted octanol–water partition coefficient (Wildman–Crippen LogP) is 10.6. The minimum atomic E-state index is -4.25. The number of phosphoric acid groups is 1. The molecule has 0 spiro atoms. The van der Waals surface area contributed by atoms with Crippen molar-refractivity contribution in [2.45, 2.75) is 180 Å². The maximum atomic E-state index is 12.4. The first kappa shape index (κ1) is 42.8. The summed E-state index contributed by atoms with van der Waals surface area (Å²) in [7, 11) is -3.19. The van der Waals surface area contributed by atoms with Crippen molar-refractivity contribution in [3.63, 3.8) is 0 Å². The summed E-state index contributed by atoms with van der Waals surface area (Å²) in [5.74, 6) is -0.810. The molecule has 0 rings (SSSR count). The zero-order valence-electron chi connectivity index (χ0n) is 28.6. The Hall–Kier alpha value is -1.21. The molecule has 1 N–H and O–H groups in total. The highest BCUT2D eigenvalue weighted by Gasteiger charge is 2.24. The summed E-state index contributed by atoms with van der Waals surface area (Å²) < 4.78 is 31.8. The molecule has 0 radical (unpaired) electrons. The number of allylic oxidation sites excluding steroid dienone is 2. The van der Waals surface area contributed by atoms with Gasteiger partial charge in [0.25, 0.3) is 0 Å². The van der Waals surface area contributed by atoms with Gasteiger partial charge in [0.1, 0.15) is 6.61 Å². The Morgan fingerprint density at radius 1 is 0.614 bits per heavy atom. The van der Waals surface area contributed by atoms with E-state index in [2.05, 4.69) is 30.5 Å². The smallest absolute Gasteiger partial charge is 0.462 e. The molecule has 0 heterocycles. The van der Waals surface area contributed by atoms with Crippen LogP contribution in [-0.2, 0) is 32.7 Å². The van der Waals surface area contributed by atoms with Gasteiger partial charge in [0.2, 0.25) is 0 Å². The molecule has 0 aromatic carbocycles. The second-order valence-corrected chi connectivity index (χ2v) is 13.6. The third-order valence-electron chi connectivity index (χ3n) is 7.76. The number of carbonyl (C=O) groups is 2. The summed E-state index contributed by atoms with van der Waals surface area (Å²) in [5, 5.41) is 0. The number of hydrogen-bond acceptors (Lipinski definition) is 7. The summed E-state index contributed by atoms with van der Waals surface area (Å²) in [6.45, 7) is 3.85. The van der Waals surface area contributed by atoms with E-state index in [1.807, 2.05) is 0 Å². The highest BCUT2D eigenvalue weighted by atomic mass is 31.2. The van der Waals surface area contributed by atoms with E-state index in [4.69, 9.17) is 14.0 Å². The Labute approximate surface area is 270 Å². The topological polar surface area (TPSA) is 108 Å². The van der Waals surface area contributed by atoms with Gasteiger partial charge < -0.3 is 14.4 Å². The fraction of sp³-hybridized carbons (Fsp3) is 0.886. The molecule has 2 atom stereocenters. The van der Waals surface area contributed by atoms with E-state index >= 15 is 0 Å². The number of phosphoric ester groups is 1. The number of ether oxygens (including phenoxy) is 2. The van der Waals surface area contributed by atoms with Crippen LogP contribution in [0.4, 0.5) is 0 Å². The Balaban J connectivity index is 4.09. The van der Waals surface area contributed by atoms with Crippen LogP contribution in [0.1, 0.15) is 174 Å². The van der Waals surface area contributed by atoms with Crippen molar-refractivity contribution in [1.82, 2.24) is 0 Å². The van der Waals surface area contributed by atoms with Crippen LogP contribution in [0.5, 0.6) is 0 Å². The molecule has 260 valence electrons. The lowest BCUT2D eigenvalue weighted by molar-refractivity contribution is -0.161. The van der Waals surface area contributed by atoms with Gasteiger partial charge in [-0.1, -0.05) is 135 Å². The van der Waals surface area contributed by atoms with Gasteiger partial charge in [0.05, 0.1) is 6.61 Å². The maximum Gasteiger partial charge on any atom is 0.472 e. The van der Waals surface area contributed by atoms with Crippen LogP contribution in [0.2, 0.25) is 0 Å². The van der Waals surface area contributed by atoms with Crippen LogP contribution in [0.15, 0.2) is 12.2 Å². The first-order valence-corrected chi connectivity index (χ1v) is 19.4. The first-order chi connectivity index (χ1) is 21.3. The molecule has 0 fully saturated rings. The Kier molecular flexibility index (Phi) is 30.9. The highest BCUT2D eigenvalue weighted by Crippen LogP contribution is 2.42. The van der Waals surface area contributed by atoms with E-state index in [0.29, 0.717) is 12.8 Å². The van der Waals surface area contributed by atoms with Gasteiger partial charge in [-0.3, -0.25) is 18.6 Å². The summed E-state index contributed by atoms with van der Waals surface area (Å²) >= 11 is 0. The van der Waals surface area contributed by atoms with Gasteiger partial charge in [-0.05, 0) is 38.5 Å². The molecule has 2 unspecified atom stereocenters. The second kappa shape index (κ2) is 31.8. The Morgan fingerprint density at radius 2 is 1.02 bits per heavy atom. The van der Waals surface area contributed by atoms with Crippen LogP contribution in [0.3, 0.4) is 0 Å². The fourth-order valence-electron chi connectivity index (χ4n) is 4.95. The zero-order valence-corrected chi connectivity index (χ0v) is 29.5. The summed E-state index contributed by atoms with van der Waals surface area (Å²) in [4.78, 5) is 34.2. The molecular weight excluding hydrogens is 579 g/mol. The molecule has 0 saturated carbocycles. The quantitative estimate of drug-likeness (QED) is 0.0325. The Bertz CT molecular complexity index is 742. The lowest BCUT2D eigenvalue weighted by Gasteiger charge is -2.19. The standard InChI is InChI=1S/C35H67O8P/c1-4-6-8-10-12-14-16-18-20-22-24-26-28-30-35(37)43-33(32-42-44(38,39)40-3)31-41-34(36)29-27-25-23-21-19-17-15-13-11-9-7-5-2/h14,16,33H,4-13,15,17-32H2,1-3H3,(H,38,39)/b16-14-. The molecule has 0 saturated heterocycles. The number of hydrogen-bond donors (Lipinski definition) is 1. The van der Waals surface area contributed by atoms with E-state index in [1.165, 1.54) is 89.9 Å². The third kappa shape index (κ3) is 30.8. The zero-order chi connectivity index (χ0) is 32.6. The molecule has 0 aromatic heterocycles. The number of unbranched alkanes of at least 4 members (excludes halogenated alkanes) is 20. The molecular formula is C35H67O8P. The third-order valence-corrected chi connectivity index (χ3v) is 8.70. The van der Waals surface area contributed by atoms with Gasteiger partial charge in [-0.2, -0.15) is 0 Å². The molecule has 44 heavy (non-hydrogen) atoms. The van der Waals surface area contributed by atoms with Crippen LogP contribution in [0, 0.1) is 0 Å². The van der Waals surface area contributed by atoms with E-state index in [9.17, 15) is 19.0 Å². The van der Waals surface area contributed by atoms with Crippen molar-refractivity contribution >= 4 is 19.8 Å². The highest BCUT2D eigenvalue weighted by molar-refractivity contribution is 7.47. The molecule has 9 heteroatoms. The van der Waals surface area contributed by atoms with Gasteiger partial charge >= 0.3 is 19.8 Å². The van der Waals surface area contributed by atoms with Crippen LogP contribution >= 0.6 is 7.82 Å². The van der Waals surface area contributed by atoms with Crippen molar-refractivity contribution in [1.29, 1.82) is 0 Å². The van der Waals surface area contributed by atoms with Crippen LogP contribution in [-0.4, -0.2) is 43.3 Å². The normalized spacial score (nSPS) is 13.6. The molecule has 0 aliphatic heterocycles. The molecule has 0 aromatic rings. The van der Waals surface area contributed by atoms with Crippen molar-refractivity contribution in [3.05, 3.63) is 12.2 Å². The van der Waals surface area contributed by atoms with Crippen LogP contribution in [0.25, 0.3) is 0 Å². The average Bonchev–Trinajstić information content (AvgIpc) is 3.01. The van der Waals surface area contributed by atoms with Gasteiger partial charge in [-0.25, -0.2) is 4.57 Å². The monoisotopic (exact) mass is 646 g/mol. The molecule has 0 aliphatic rings. The maximum absolute atomic E-state index is 12.4. The van der Waals surface area contributed by atoms with Crippen molar-refractivity contribution in [2.75, 3.05) is 20.3 Å². The minimum absolute atomic E-state index is 0.224. The average molecular weight is 647 g/mol. The summed E-state index contributed by atoms with van der Waals surface area (Å²) in [6.07, 6.45) is 31.1. The molecule has 0 aliphatic carbocycles. The molecule has 0 amide bonds. The summed E-state index contributed by atoms with van der Waals surface area (Å²) in [6, 6.07) is 0. The molecule has 0 bridgehead atoms. The lowest BCUT2D eigenvalue weighted by Crippen LogP contribution is -2.29. The van der Waals surface area contributed by atoms with E-state index in [1.54, 1.807) is 0 Å². The van der Waals surface area contributed by atoms with Gasteiger partial charge in [0.15, 0.2) is 6.10 Å². The van der Waals surface area contributed by atoms with Crippen molar-refractivity contribution in [3.8, 4) is 0 Å². The van der Waals surface area contributed by atoms with Gasteiger partial charge in [-0.15, -0.1) is 0 Å². The summed E-state index contributed by atoms with van der Waals surface area (Å²) in [5.41, 5.74) is 0. The number of carbonyl (C=O) groups excluding carboxylic acids is 2. The molecule has 8 nitrogen and oxygen atoms in total. The van der Waals surface area contributed by atoms with Gasteiger partial charge in [0, 0.05) is 20.0 Å². The fourth-order valence-corrected chi connectivity index (χ4v) is 5.41. The SMILES string of the molecule is CCCCCC/C=C\CCCCCCCC(=O)OC(COC(=O)CCCCCCCCCCCCCC)COP(=O)(O)OC. The van der Waals surface area contributed by atoms with E-state index < -0.39 is 26.5 Å². The van der Waals surface area contributed by atoms with Crippen LogP contribution < -0.4 is 0 Å². The van der Waals surface area contributed by atoms with Crippen molar-refractivity contribution in [2.24, 2.45) is 0 Å². The Morgan fingerprint density at radius 3 is 1.50 bits per heavy atom. The van der Waals surface area contributed by atoms with E-state index in [0.717, 1.165) is 58.5 Å². The van der Waals surface area contributed by atoms with Crippen molar-refractivity contribution < 1.29 is 37.6 Å². The number of esters is 2. The lowest BCUT2D eigenvalue weighted by atomic mass is 10.0. The number of rotatable bonds is 33. The largest absolute Gasteiger partial charge is 0.472 e. The predicted molar refractivity (Wildman–Crippen MR) is 180 cm³/mol. The van der Waals surface area contributed by atoms with E-state index in [-0.39, 0.29) is 19.0 Å². The second-order valence-electron chi connectivity index (χ2n) is 12.0. The first-order valence-electron chi connectivity index (χ1n) is 17.9.